The van der Waals surface area contributed by atoms with Gasteiger partial charge in [0.05, 0.1) is 6.10 Å². The van der Waals surface area contributed by atoms with Gasteiger partial charge in [-0.15, -0.1) is 10.2 Å². The molecule has 1 aromatic carbocycles. The van der Waals surface area contributed by atoms with Gasteiger partial charge in [-0.1, -0.05) is 6.07 Å². The summed E-state index contributed by atoms with van der Waals surface area (Å²) in [7, 11) is 0. The van der Waals surface area contributed by atoms with Gasteiger partial charge in [0.1, 0.15) is 0 Å². The van der Waals surface area contributed by atoms with Crippen molar-refractivity contribution in [3.8, 4) is 11.5 Å². The molecule has 1 saturated heterocycles. The lowest BCUT2D eigenvalue weighted by atomic mass is 10.1. The van der Waals surface area contributed by atoms with Gasteiger partial charge in [-0.25, -0.2) is 0 Å². The van der Waals surface area contributed by atoms with E-state index >= 15 is 0 Å². The highest BCUT2D eigenvalue weighted by Crippen LogP contribution is 2.21. The van der Waals surface area contributed by atoms with Crippen LogP contribution in [-0.4, -0.2) is 28.8 Å². The Labute approximate surface area is 122 Å². The van der Waals surface area contributed by atoms with E-state index in [2.05, 4.69) is 15.5 Å². The smallest absolute Gasteiger partial charge is 0.247 e. The number of carbonyl (C=O) groups is 1. The quantitative estimate of drug-likeness (QED) is 0.914. The summed E-state index contributed by atoms with van der Waals surface area (Å²) in [4.78, 5) is 11.9. The van der Waals surface area contributed by atoms with E-state index in [1.54, 1.807) is 0 Å². The molecule has 0 saturated carbocycles. The van der Waals surface area contributed by atoms with Crippen LogP contribution < -0.4 is 5.32 Å². The van der Waals surface area contributed by atoms with Crippen molar-refractivity contribution in [3.05, 3.63) is 30.7 Å². The Morgan fingerprint density at radius 3 is 3.14 bits per heavy atom. The standard InChI is InChI=1S/C15H17N3O3/c19-14(7-6-13-5-2-8-20-13)17-12-4-1-3-11(9-12)15-18-16-10-21-15/h1,3-4,9-10,13H,2,5-8H2,(H,17,19)/t13-/m1/s1. The van der Waals surface area contributed by atoms with Crippen LogP contribution in [0.25, 0.3) is 11.5 Å². The molecule has 1 aliphatic rings. The van der Waals surface area contributed by atoms with Crippen molar-refractivity contribution in [1.82, 2.24) is 10.2 Å². The van der Waals surface area contributed by atoms with Crippen LogP contribution in [0.2, 0.25) is 0 Å². The fourth-order valence-corrected chi connectivity index (χ4v) is 2.42. The lowest BCUT2D eigenvalue weighted by Gasteiger charge is -2.09. The van der Waals surface area contributed by atoms with Gasteiger partial charge in [-0.05, 0) is 37.5 Å². The molecule has 1 aromatic heterocycles. The van der Waals surface area contributed by atoms with Crippen LogP contribution >= 0.6 is 0 Å². The average Bonchev–Trinajstić information content (AvgIpc) is 3.19. The summed E-state index contributed by atoms with van der Waals surface area (Å²) in [6.45, 7) is 0.818. The van der Waals surface area contributed by atoms with Crippen molar-refractivity contribution in [2.24, 2.45) is 0 Å². The maximum atomic E-state index is 11.9. The number of hydrogen-bond donors (Lipinski definition) is 1. The molecule has 6 heteroatoms. The van der Waals surface area contributed by atoms with Crippen LogP contribution in [-0.2, 0) is 9.53 Å². The van der Waals surface area contributed by atoms with E-state index in [9.17, 15) is 4.79 Å². The van der Waals surface area contributed by atoms with Crippen molar-refractivity contribution >= 4 is 11.6 Å². The van der Waals surface area contributed by atoms with Crippen molar-refractivity contribution in [3.63, 3.8) is 0 Å². The molecule has 110 valence electrons. The molecule has 21 heavy (non-hydrogen) atoms. The summed E-state index contributed by atoms with van der Waals surface area (Å²) in [6, 6.07) is 7.35. The highest BCUT2D eigenvalue weighted by atomic mass is 16.5. The molecular formula is C15H17N3O3. The number of rotatable bonds is 5. The summed E-state index contributed by atoms with van der Waals surface area (Å²) >= 11 is 0. The number of benzene rings is 1. The number of nitrogens with one attached hydrogen (secondary N) is 1. The van der Waals surface area contributed by atoms with Crippen LogP contribution in [0.4, 0.5) is 5.69 Å². The van der Waals surface area contributed by atoms with Crippen molar-refractivity contribution in [2.45, 2.75) is 31.8 Å². The summed E-state index contributed by atoms with van der Waals surface area (Å²) in [5.74, 6) is 0.429. The molecule has 0 radical (unpaired) electrons. The van der Waals surface area contributed by atoms with Gasteiger partial charge in [0, 0.05) is 24.3 Å². The zero-order valence-corrected chi connectivity index (χ0v) is 11.6. The van der Waals surface area contributed by atoms with E-state index in [4.69, 9.17) is 9.15 Å². The molecule has 1 amide bonds. The number of carbonyl (C=O) groups excluding carboxylic acids is 1. The topological polar surface area (TPSA) is 77.2 Å². The molecule has 1 N–H and O–H groups in total. The van der Waals surface area contributed by atoms with Gasteiger partial charge in [0.2, 0.25) is 18.2 Å². The summed E-state index contributed by atoms with van der Waals surface area (Å²) in [6.07, 6.45) is 4.91. The fraction of sp³-hybridized carbons (Fsp3) is 0.400. The molecule has 0 unspecified atom stereocenters. The zero-order chi connectivity index (χ0) is 14.5. The summed E-state index contributed by atoms with van der Waals surface area (Å²) in [5.41, 5.74) is 1.51. The van der Waals surface area contributed by atoms with E-state index in [0.29, 0.717) is 12.3 Å². The summed E-state index contributed by atoms with van der Waals surface area (Å²) < 4.78 is 10.7. The third kappa shape index (κ3) is 3.66. The summed E-state index contributed by atoms with van der Waals surface area (Å²) in [5, 5.41) is 10.4. The predicted molar refractivity (Wildman–Crippen MR) is 76.6 cm³/mol. The van der Waals surface area contributed by atoms with Gasteiger partial charge >= 0.3 is 0 Å². The lowest BCUT2D eigenvalue weighted by Crippen LogP contribution is -2.15. The second kappa shape index (κ2) is 6.49. The number of ether oxygens (including phenoxy) is 1. The second-order valence-electron chi connectivity index (χ2n) is 5.05. The van der Waals surface area contributed by atoms with E-state index in [0.717, 1.165) is 37.1 Å². The van der Waals surface area contributed by atoms with Crippen LogP contribution in [0.5, 0.6) is 0 Å². The third-order valence-electron chi connectivity index (χ3n) is 3.47. The first-order valence-electron chi connectivity index (χ1n) is 7.09. The SMILES string of the molecule is O=C(CC[C@H]1CCCO1)Nc1cccc(-c2nnco2)c1. The number of anilines is 1. The van der Waals surface area contributed by atoms with Crippen LogP contribution in [0.3, 0.4) is 0 Å². The lowest BCUT2D eigenvalue weighted by molar-refractivity contribution is -0.116. The van der Waals surface area contributed by atoms with E-state index < -0.39 is 0 Å². The Balaban J connectivity index is 1.56. The first-order valence-corrected chi connectivity index (χ1v) is 7.09. The predicted octanol–water partition coefficient (Wildman–Crippen LogP) is 2.63. The zero-order valence-electron chi connectivity index (χ0n) is 11.6. The third-order valence-corrected chi connectivity index (χ3v) is 3.47. The van der Waals surface area contributed by atoms with Crippen molar-refractivity contribution < 1.29 is 13.9 Å². The van der Waals surface area contributed by atoms with E-state index in [1.165, 1.54) is 6.39 Å². The van der Waals surface area contributed by atoms with Gasteiger partial charge in [0.25, 0.3) is 0 Å². The second-order valence-corrected chi connectivity index (χ2v) is 5.05. The van der Waals surface area contributed by atoms with E-state index in [-0.39, 0.29) is 12.0 Å². The molecule has 6 nitrogen and oxygen atoms in total. The monoisotopic (exact) mass is 287 g/mol. The van der Waals surface area contributed by atoms with Crippen molar-refractivity contribution in [1.29, 1.82) is 0 Å². The van der Waals surface area contributed by atoms with Crippen LogP contribution in [0.15, 0.2) is 35.1 Å². The minimum Gasteiger partial charge on any atom is -0.423 e. The first kappa shape index (κ1) is 13.8. The van der Waals surface area contributed by atoms with Gasteiger partial charge < -0.3 is 14.5 Å². The Kier molecular flexibility index (Phi) is 4.25. The van der Waals surface area contributed by atoms with Crippen molar-refractivity contribution in [2.75, 3.05) is 11.9 Å². The number of aromatic nitrogens is 2. The highest BCUT2D eigenvalue weighted by Gasteiger charge is 2.16. The number of hydrogen-bond acceptors (Lipinski definition) is 5. The molecule has 2 aromatic rings. The minimum absolute atomic E-state index is 0.00632. The molecule has 3 rings (SSSR count). The fourth-order valence-electron chi connectivity index (χ4n) is 2.42. The normalized spacial score (nSPS) is 17.8. The van der Waals surface area contributed by atoms with Gasteiger partial charge in [-0.3, -0.25) is 4.79 Å². The molecule has 1 atom stereocenters. The Hall–Kier alpha value is -2.21. The highest BCUT2D eigenvalue weighted by molar-refractivity contribution is 5.91. The maximum absolute atomic E-state index is 11.9. The molecule has 2 heterocycles. The van der Waals surface area contributed by atoms with Gasteiger partial charge in [-0.2, -0.15) is 0 Å². The largest absolute Gasteiger partial charge is 0.423 e. The average molecular weight is 287 g/mol. The maximum Gasteiger partial charge on any atom is 0.247 e. The Morgan fingerprint density at radius 2 is 2.38 bits per heavy atom. The molecule has 0 bridgehead atoms. The minimum atomic E-state index is -0.00632. The van der Waals surface area contributed by atoms with E-state index in [1.807, 2.05) is 24.3 Å². The van der Waals surface area contributed by atoms with Crippen LogP contribution in [0.1, 0.15) is 25.7 Å². The van der Waals surface area contributed by atoms with Crippen LogP contribution in [0, 0.1) is 0 Å². The van der Waals surface area contributed by atoms with Gasteiger partial charge in [0.15, 0.2) is 0 Å². The first-order chi connectivity index (χ1) is 10.3. The molecule has 0 aliphatic carbocycles. The Bertz CT molecular complexity index is 592. The molecular weight excluding hydrogens is 270 g/mol. The molecule has 1 aliphatic heterocycles. The molecule has 1 fully saturated rings. The Morgan fingerprint density at radius 1 is 1.43 bits per heavy atom. The number of amides is 1. The molecule has 0 spiro atoms. The number of nitrogens with zero attached hydrogens (tertiary/aromatic N) is 2.